The van der Waals surface area contributed by atoms with Crippen LogP contribution in [0.5, 0.6) is 5.75 Å². The van der Waals surface area contributed by atoms with Crippen LogP contribution in [-0.2, 0) is 11.3 Å². The summed E-state index contributed by atoms with van der Waals surface area (Å²) in [6.07, 6.45) is 1.66. The summed E-state index contributed by atoms with van der Waals surface area (Å²) < 4.78 is 6.84. The zero-order valence-corrected chi connectivity index (χ0v) is 20.8. The molecular formula is C25H29N5O4S. The predicted molar refractivity (Wildman–Crippen MR) is 136 cm³/mol. The molecule has 1 heterocycles. The van der Waals surface area contributed by atoms with Crippen LogP contribution in [0.2, 0.25) is 0 Å². The lowest BCUT2D eigenvalue weighted by Gasteiger charge is -2.17. The summed E-state index contributed by atoms with van der Waals surface area (Å²) in [6.45, 7) is 7.64. The highest BCUT2D eigenvalue weighted by atomic mass is 32.2. The number of thioether (sulfide) groups is 1. The topological polar surface area (TPSA) is 118 Å². The SMILES string of the molecule is C=CCn1c(SCC(=O)Nc2cc(C)ccc2C)nnc1C(CO)NC(=O)c1ccc(OC)cc1. The van der Waals surface area contributed by atoms with Crippen molar-refractivity contribution in [2.24, 2.45) is 0 Å². The quantitative estimate of drug-likeness (QED) is 0.276. The number of nitrogens with one attached hydrogen (secondary N) is 2. The van der Waals surface area contributed by atoms with Crippen molar-refractivity contribution in [2.75, 3.05) is 24.8 Å². The fourth-order valence-electron chi connectivity index (χ4n) is 3.33. The number of ether oxygens (including phenoxy) is 1. The van der Waals surface area contributed by atoms with Crippen LogP contribution in [0.3, 0.4) is 0 Å². The van der Waals surface area contributed by atoms with Crippen molar-refractivity contribution in [3.05, 3.63) is 77.6 Å². The van der Waals surface area contributed by atoms with E-state index in [2.05, 4.69) is 27.4 Å². The van der Waals surface area contributed by atoms with Gasteiger partial charge in [-0.1, -0.05) is 30.0 Å². The number of aryl methyl sites for hydroxylation is 2. The number of aromatic nitrogens is 3. The van der Waals surface area contributed by atoms with Gasteiger partial charge in [-0.2, -0.15) is 0 Å². The fraction of sp³-hybridized carbons (Fsp3) is 0.280. The molecule has 1 atom stereocenters. The number of carbonyl (C=O) groups excluding carboxylic acids is 2. The van der Waals surface area contributed by atoms with Gasteiger partial charge in [0, 0.05) is 17.8 Å². The van der Waals surface area contributed by atoms with Crippen molar-refractivity contribution < 1.29 is 19.4 Å². The monoisotopic (exact) mass is 495 g/mol. The molecule has 3 rings (SSSR count). The number of benzene rings is 2. The van der Waals surface area contributed by atoms with Crippen molar-refractivity contribution in [3.63, 3.8) is 0 Å². The molecule has 3 N–H and O–H groups in total. The van der Waals surface area contributed by atoms with E-state index in [1.54, 1.807) is 42.0 Å². The molecule has 1 aromatic heterocycles. The average molecular weight is 496 g/mol. The van der Waals surface area contributed by atoms with Gasteiger partial charge in [-0.15, -0.1) is 16.8 Å². The maximum Gasteiger partial charge on any atom is 0.251 e. The van der Waals surface area contributed by atoms with Gasteiger partial charge in [-0.05, 0) is 55.3 Å². The second-order valence-electron chi connectivity index (χ2n) is 7.83. The van der Waals surface area contributed by atoms with E-state index in [-0.39, 0.29) is 24.2 Å². The van der Waals surface area contributed by atoms with Crippen LogP contribution in [-0.4, -0.2) is 51.2 Å². The first kappa shape index (κ1) is 26.0. The minimum absolute atomic E-state index is 0.116. The van der Waals surface area contributed by atoms with Crippen LogP contribution in [0.4, 0.5) is 5.69 Å². The Labute approximate surface area is 208 Å². The van der Waals surface area contributed by atoms with Gasteiger partial charge in [0.2, 0.25) is 5.91 Å². The minimum Gasteiger partial charge on any atom is -0.497 e. The molecule has 0 radical (unpaired) electrons. The first-order valence-electron chi connectivity index (χ1n) is 11.0. The smallest absolute Gasteiger partial charge is 0.251 e. The summed E-state index contributed by atoms with van der Waals surface area (Å²) in [7, 11) is 1.55. The summed E-state index contributed by atoms with van der Waals surface area (Å²) in [4.78, 5) is 25.3. The van der Waals surface area contributed by atoms with Crippen LogP contribution in [0, 0.1) is 13.8 Å². The van der Waals surface area contributed by atoms with Crippen LogP contribution in [0.15, 0.2) is 60.3 Å². The third-order valence-corrected chi connectivity index (χ3v) is 6.18. The van der Waals surface area contributed by atoms with E-state index >= 15 is 0 Å². The van der Waals surface area contributed by atoms with Gasteiger partial charge in [0.15, 0.2) is 11.0 Å². The van der Waals surface area contributed by atoms with Gasteiger partial charge in [-0.3, -0.25) is 9.59 Å². The van der Waals surface area contributed by atoms with E-state index in [9.17, 15) is 14.7 Å². The van der Waals surface area contributed by atoms with Gasteiger partial charge in [0.1, 0.15) is 11.8 Å². The number of allylic oxidation sites excluding steroid dienone is 1. The van der Waals surface area contributed by atoms with Crippen molar-refractivity contribution in [1.82, 2.24) is 20.1 Å². The Hall–Kier alpha value is -3.63. The van der Waals surface area contributed by atoms with Crippen molar-refractivity contribution >= 4 is 29.3 Å². The minimum atomic E-state index is -0.796. The Bertz CT molecular complexity index is 1190. The highest BCUT2D eigenvalue weighted by molar-refractivity contribution is 7.99. The molecule has 0 saturated carbocycles. The fourth-order valence-corrected chi connectivity index (χ4v) is 4.08. The standard InChI is InChI=1S/C25H29N5O4S/c1-5-12-30-23(21(14-31)27-24(33)18-8-10-19(34-4)11-9-18)28-29-25(30)35-15-22(32)26-20-13-16(2)6-7-17(20)3/h5-11,13,21,31H,1,12,14-15H2,2-4H3,(H,26,32)(H,27,33). The first-order chi connectivity index (χ1) is 16.9. The molecule has 0 saturated heterocycles. The number of aliphatic hydroxyl groups excluding tert-OH is 1. The lowest BCUT2D eigenvalue weighted by molar-refractivity contribution is -0.113. The summed E-state index contributed by atoms with van der Waals surface area (Å²) in [5.74, 6) is 0.567. The van der Waals surface area contributed by atoms with Gasteiger partial charge in [-0.25, -0.2) is 0 Å². The molecule has 9 nitrogen and oxygen atoms in total. The van der Waals surface area contributed by atoms with E-state index in [1.807, 2.05) is 32.0 Å². The Morgan fingerprint density at radius 2 is 1.94 bits per heavy atom. The van der Waals surface area contributed by atoms with Gasteiger partial charge >= 0.3 is 0 Å². The molecule has 0 aliphatic rings. The molecule has 2 amide bonds. The third kappa shape index (κ3) is 6.71. The lowest BCUT2D eigenvalue weighted by Crippen LogP contribution is -2.33. The Kier molecular flexibility index (Phi) is 9.04. The molecule has 2 aromatic carbocycles. The third-order valence-electron chi connectivity index (χ3n) is 5.21. The summed E-state index contributed by atoms with van der Waals surface area (Å²) in [5.41, 5.74) is 3.22. The summed E-state index contributed by atoms with van der Waals surface area (Å²) in [6, 6.07) is 11.7. The van der Waals surface area contributed by atoms with E-state index in [1.165, 1.54) is 11.8 Å². The van der Waals surface area contributed by atoms with Gasteiger partial charge in [0.25, 0.3) is 5.91 Å². The molecule has 0 aliphatic heterocycles. The maximum absolute atomic E-state index is 12.7. The van der Waals surface area contributed by atoms with Crippen LogP contribution in [0.25, 0.3) is 0 Å². The molecule has 3 aromatic rings. The second-order valence-corrected chi connectivity index (χ2v) is 8.77. The van der Waals surface area contributed by atoms with E-state index < -0.39 is 6.04 Å². The largest absolute Gasteiger partial charge is 0.497 e. The van der Waals surface area contributed by atoms with Crippen molar-refractivity contribution in [1.29, 1.82) is 0 Å². The molecule has 0 spiro atoms. The van der Waals surface area contributed by atoms with E-state index in [0.29, 0.717) is 28.8 Å². The Morgan fingerprint density at radius 1 is 1.20 bits per heavy atom. The highest BCUT2D eigenvalue weighted by Gasteiger charge is 2.23. The van der Waals surface area contributed by atoms with Crippen molar-refractivity contribution in [2.45, 2.75) is 31.6 Å². The molecular weight excluding hydrogens is 466 g/mol. The molecule has 0 aliphatic carbocycles. The average Bonchev–Trinajstić information content (AvgIpc) is 3.26. The Morgan fingerprint density at radius 3 is 2.60 bits per heavy atom. The number of hydrogen-bond acceptors (Lipinski definition) is 7. The van der Waals surface area contributed by atoms with Gasteiger partial charge < -0.3 is 25.0 Å². The Balaban J connectivity index is 1.71. The number of nitrogens with zero attached hydrogens (tertiary/aromatic N) is 3. The number of amides is 2. The number of methoxy groups -OCH3 is 1. The van der Waals surface area contributed by atoms with Crippen molar-refractivity contribution in [3.8, 4) is 5.75 Å². The molecule has 0 bridgehead atoms. The predicted octanol–water partition coefficient (Wildman–Crippen LogP) is 3.28. The van der Waals surface area contributed by atoms with E-state index in [0.717, 1.165) is 16.8 Å². The maximum atomic E-state index is 12.7. The van der Waals surface area contributed by atoms with Crippen LogP contribution in [0.1, 0.15) is 33.4 Å². The number of hydrogen-bond donors (Lipinski definition) is 3. The molecule has 10 heteroatoms. The zero-order valence-electron chi connectivity index (χ0n) is 19.9. The summed E-state index contributed by atoms with van der Waals surface area (Å²) in [5, 5.41) is 24.5. The number of rotatable bonds is 11. The number of carbonyl (C=O) groups is 2. The van der Waals surface area contributed by atoms with Crippen LogP contribution >= 0.6 is 11.8 Å². The molecule has 35 heavy (non-hydrogen) atoms. The van der Waals surface area contributed by atoms with Gasteiger partial charge in [0.05, 0.1) is 19.5 Å². The number of anilines is 1. The van der Waals surface area contributed by atoms with E-state index in [4.69, 9.17) is 4.74 Å². The highest BCUT2D eigenvalue weighted by Crippen LogP contribution is 2.23. The molecule has 1 unspecified atom stereocenters. The molecule has 184 valence electrons. The lowest BCUT2D eigenvalue weighted by atomic mass is 10.1. The normalized spacial score (nSPS) is 11.5. The molecule has 0 fully saturated rings. The number of aliphatic hydroxyl groups is 1. The zero-order chi connectivity index (χ0) is 25.4. The summed E-state index contributed by atoms with van der Waals surface area (Å²) >= 11 is 1.21. The first-order valence-corrected chi connectivity index (χ1v) is 11.9. The van der Waals surface area contributed by atoms with Crippen LogP contribution < -0.4 is 15.4 Å². The second kappa shape index (κ2) is 12.2.